The molecule has 1 rings (SSSR count). The molecule has 0 aliphatic heterocycles. The van der Waals surface area contributed by atoms with Gasteiger partial charge < -0.3 is 20.2 Å². The summed E-state index contributed by atoms with van der Waals surface area (Å²) in [6, 6.07) is 0.446. The molecule has 3 N–H and O–H groups in total. The second-order valence-electron chi connectivity index (χ2n) is 3.19. The van der Waals surface area contributed by atoms with E-state index in [-0.39, 0.29) is 6.54 Å². The molecule has 0 aliphatic rings. The molecule has 86 valence electrons. The largest absolute Gasteiger partial charge is 0.407 e. The van der Waals surface area contributed by atoms with Crippen LogP contribution in [0.2, 0.25) is 0 Å². The summed E-state index contributed by atoms with van der Waals surface area (Å²) < 4.78 is 10.1. The van der Waals surface area contributed by atoms with Crippen LogP contribution in [0.4, 0.5) is 6.01 Å². The van der Waals surface area contributed by atoms with E-state index in [1.807, 2.05) is 0 Å². The summed E-state index contributed by atoms with van der Waals surface area (Å²) in [5.74, 6) is 0.455. The molecule has 0 aliphatic carbocycles. The van der Waals surface area contributed by atoms with Crippen LogP contribution in [0.3, 0.4) is 0 Å². The van der Waals surface area contributed by atoms with Crippen LogP contribution in [-0.2, 0) is 11.3 Å². The van der Waals surface area contributed by atoms with Gasteiger partial charge in [0.15, 0.2) is 0 Å². The Morgan fingerprint density at radius 3 is 2.87 bits per heavy atom. The molecule has 0 amide bonds. The van der Waals surface area contributed by atoms with Crippen molar-refractivity contribution in [1.29, 1.82) is 0 Å². The Kier molecular flexibility index (Phi) is 5.72. The molecular formula is C9H18N4O2. The summed E-state index contributed by atoms with van der Waals surface area (Å²) in [5, 5.41) is 10.6. The normalized spacial score (nSPS) is 10.5. The second-order valence-corrected chi connectivity index (χ2v) is 3.19. The van der Waals surface area contributed by atoms with Gasteiger partial charge in [-0.1, -0.05) is 5.10 Å². The first-order valence-corrected chi connectivity index (χ1v) is 5.12. The van der Waals surface area contributed by atoms with E-state index in [2.05, 4.69) is 15.5 Å². The number of nitrogens with one attached hydrogen (secondary N) is 1. The van der Waals surface area contributed by atoms with Crippen LogP contribution in [0.5, 0.6) is 0 Å². The van der Waals surface area contributed by atoms with E-state index in [1.165, 1.54) is 0 Å². The molecule has 0 saturated heterocycles. The molecule has 0 atom stereocenters. The average Bonchev–Trinajstić information content (AvgIpc) is 2.71. The van der Waals surface area contributed by atoms with Gasteiger partial charge in [0.1, 0.15) is 0 Å². The molecule has 0 saturated carbocycles. The Bertz CT molecular complexity index is 264. The number of hydrogen-bond donors (Lipinski definition) is 2. The highest BCUT2D eigenvalue weighted by atomic mass is 16.5. The summed E-state index contributed by atoms with van der Waals surface area (Å²) in [4.78, 5) is 0. The molecule has 1 aromatic heterocycles. The highest BCUT2D eigenvalue weighted by Gasteiger charge is 2.01. The fraction of sp³-hybridized carbons (Fsp3) is 0.778. The Morgan fingerprint density at radius 1 is 1.33 bits per heavy atom. The van der Waals surface area contributed by atoms with Gasteiger partial charge in [0, 0.05) is 20.3 Å². The van der Waals surface area contributed by atoms with Crippen molar-refractivity contribution in [3.8, 4) is 0 Å². The van der Waals surface area contributed by atoms with Crippen molar-refractivity contribution in [3.63, 3.8) is 0 Å². The number of hydrogen-bond acceptors (Lipinski definition) is 6. The number of ether oxygens (including phenoxy) is 1. The third-order valence-electron chi connectivity index (χ3n) is 1.94. The molecule has 0 radical (unpaired) electrons. The predicted octanol–water partition coefficient (Wildman–Crippen LogP) is 0.757. The maximum atomic E-state index is 5.33. The molecule has 0 spiro atoms. The van der Waals surface area contributed by atoms with Gasteiger partial charge in [0.2, 0.25) is 5.89 Å². The quantitative estimate of drug-likeness (QED) is 0.621. The van der Waals surface area contributed by atoms with E-state index < -0.39 is 0 Å². The van der Waals surface area contributed by atoms with E-state index in [9.17, 15) is 0 Å². The Balaban J connectivity index is 2.04. The number of rotatable bonds is 8. The lowest BCUT2D eigenvalue weighted by Crippen LogP contribution is -2.02. The van der Waals surface area contributed by atoms with Gasteiger partial charge in [0.25, 0.3) is 0 Å². The Morgan fingerprint density at radius 2 is 2.20 bits per heavy atom. The van der Waals surface area contributed by atoms with Crippen LogP contribution in [0.25, 0.3) is 0 Å². The summed E-state index contributed by atoms with van der Waals surface area (Å²) in [6.45, 7) is 1.93. The first kappa shape index (κ1) is 11.9. The van der Waals surface area contributed by atoms with E-state index >= 15 is 0 Å². The molecule has 0 unspecified atom stereocenters. The molecule has 1 aromatic rings. The summed E-state index contributed by atoms with van der Waals surface area (Å²) in [7, 11) is 1.71. The van der Waals surface area contributed by atoms with Crippen LogP contribution in [0, 0.1) is 0 Å². The van der Waals surface area contributed by atoms with Gasteiger partial charge in [-0.25, -0.2) is 0 Å². The number of nitrogens with zero attached hydrogens (tertiary/aromatic N) is 2. The van der Waals surface area contributed by atoms with E-state index in [0.29, 0.717) is 11.9 Å². The third-order valence-corrected chi connectivity index (χ3v) is 1.94. The molecule has 1 heterocycles. The minimum atomic E-state index is 0.280. The van der Waals surface area contributed by atoms with Crippen molar-refractivity contribution in [2.75, 3.05) is 25.6 Å². The van der Waals surface area contributed by atoms with Crippen molar-refractivity contribution >= 4 is 6.01 Å². The SMILES string of the molecule is COCCCCCNc1nnc(CN)o1. The number of methoxy groups -OCH3 is 1. The maximum absolute atomic E-state index is 5.33. The molecule has 15 heavy (non-hydrogen) atoms. The zero-order valence-electron chi connectivity index (χ0n) is 9.03. The minimum Gasteiger partial charge on any atom is -0.407 e. The van der Waals surface area contributed by atoms with Gasteiger partial charge >= 0.3 is 6.01 Å². The summed E-state index contributed by atoms with van der Waals surface area (Å²) in [6.07, 6.45) is 3.26. The van der Waals surface area contributed by atoms with Crippen molar-refractivity contribution in [2.45, 2.75) is 25.8 Å². The van der Waals surface area contributed by atoms with Gasteiger partial charge in [0.05, 0.1) is 6.54 Å². The highest BCUT2D eigenvalue weighted by Crippen LogP contribution is 2.05. The highest BCUT2D eigenvalue weighted by molar-refractivity contribution is 5.16. The number of aromatic nitrogens is 2. The van der Waals surface area contributed by atoms with Crippen LogP contribution < -0.4 is 11.1 Å². The Hall–Kier alpha value is -1.14. The predicted molar refractivity (Wildman–Crippen MR) is 56.4 cm³/mol. The standard InChI is InChI=1S/C9H18N4O2/c1-14-6-4-2-3-5-11-9-13-12-8(7-10)15-9/h2-7,10H2,1H3,(H,11,13). The fourth-order valence-corrected chi connectivity index (χ4v) is 1.15. The fourth-order valence-electron chi connectivity index (χ4n) is 1.15. The number of unbranched alkanes of at least 4 members (excludes halogenated alkanes) is 2. The molecular weight excluding hydrogens is 196 g/mol. The van der Waals surface area contributed by atoms with Crippen molar-refractivity contribution in [3.05, 3.63) is 5.89 Å². The first-order valence-electron chi connectivity index (χ1n) is 5.12. The zero-order chi connectivity index (χ0) is 10.9. The number of nitrogens with two attached hydrogens (primary N) is 1. The van der Waals surface area contributed by atoms with Crippen molar-refractivity contribution in [2.24, 2.45) is 5.73 Å². The van der Waals surface area contributed by atoms with E-state index in [0.717, 1.165) is 32.4 Å². The molecule has 0 bridgehead atoms. The van der Waals surface area contributed by atoms with Crippen molar-refractivity contribution in [1.82, 2.24) is 10.2 Å². The number of anilines is 1. The second kappa shape index (κ2) is 7.19. The lowest BCUT2D eigenvalue weighted by Gasteiger charge is -2.00. The molecule has 6 nitrogen and oxygen atoms in total. The zero-order valence-corrected chi connectivity index (χ0v) is 9.03. The summed E-state index contributed by atoms with van der Waals surface area (Å²) >= 11 is 0. The first-order chi connectivity index (χ1) is 7.36. The van der Waals surface area contributed by atoms with Crippen LogP contribution >= 0.6 is 0 Å². The lowest BCUT2D eigenvalue weighted by atomic mass is 10.2. The average molecular weight is 214 g/mol. The van der Waals surface area contributed by atoms with Crippen LogP contribution in [0.15, 0.2) is 4.42 Å². The van der Waals surface area contributed by atoms with Crippen molar-refractivity contribution < 1.29 is 9.15 Å². The van der Waals surface area contributed by atoms with Gasteiger partial charge in [-0.2, -0.15) is 0 Å². The molecule has 0 aromatic carbocycles. The monoisotopic (exact) mass is 214 g/mol. The third kappa shape index (κ3) is 4.75. The molecule has 0 fully saturated rings. The van der Waals surface area contributed by atoms with Crippen LogP contribution in [0.1, 0.15) is 25.2 Å². The van der Waals surface area contributed by atoms with Gasteiger partial charge in [-0.15, -0.1) is 5.10 Å². The topological polar surface area (TPSA) is 86.2 Å². The summed E-state index contributed by atoms with van der Waals surface area (Å²) in [5.41, 5.74) is 5.33. The lowest BCUT2D eigenvalue weighted by molar-refractivity contribution is 0.192. The van der Waals surface area contributed by atoms with E-state index in [4.69, 9.17) is 14.9 Å². The smallest absolute Gasteiger partial charge is 0.315 e. The van der Waals surface area contributed by atoms with Gasteiger partial charge in [-0.3, -0.25) is 0 Å². The van der Waals surface area contributed by atoms with Crippen LogP contribution in [-0.4, -0.2) is 30.5 Å². The maximum Gasteiger partial charge on any atom is 0.315 e. The van der Waals surface area contributed by atoms with E-state index in [1.54, 1.807) is 7.11 Å². The minimum absolute atomic E-state index is 0.280. The molecule has 6 heteroatoms. The van der Waals surface area contributed by atoms with Gasteiger partial charge in [-0.05, 0) is 19.3 Å². The Labute approximate surface area is 89.2 Å².